The molecular formula is C19H12BrN5O. The minimum atomic E-state index is 0.00919. The first-order chi connectivity index (χ1) is 12.5. The van der Waals surface area contributed by atoms with Gasteiger partial charge in [-0.2, -0.15) is 15.6 Å². The van der Waals surface area contributed by atoms with Crippen LogP contribution < -0.4 is 5.73 Å². The summed E-state index contributed by atoms with van der Waals surface area (Å²) in [4.78, 5) is 0. The molecule has 126 valence electrons. The minimum Gasteiger partial charge on any atom is -0.507 e. The first-order valence-corrected chi connectivity index (χ1v) is 8.29. The molecule has 3 rings (SSSR count). The fourth-order valence-corrected chi connectivity index (χ4v) is 2.82. The highest BCUT2D eigenvalue weighted by Crippen LogP contribution is 2.30. The predicted molar refractivity (Wildman–Crippen MR) is 102 cm³/mol. The van der Waals surface area contributed by atoms with Crippen LogP contribution in [-0.2, 0) is 0 Å². The number of para-hydroxylation sites is 1. The van der Waals surface area contributed by atoms with Gasteiger partial charge in [-0.05, 0) is 36.4 Å². The molecule has 1 heterocycles. The Bertz CT molecular complexity index is 1090. The smallest absolute Gasteiger partial charge is 0.145 e. The van der Waals surface area contributed by atoms with Crippen molar-refractivity contribution < 1.29 is 5.11 Å². The van der Waals surface area contributed by atoms with Gasteiger partial charge >= 0.3 is 0 Å². The molecule has 0 spiro atoms. The van der Waals surface area contributed by atoms with E-state index >= 15 is 0 Å². The van der Waals surface area contributed by atoms with Crippen molar-refractivity contribution in [3.05, 3.63) is 69.8 Å². The number of aromatic hydroxyl groups is 1. The maximum Gasteiger partial charge on any atom is 0.145 e. The van der Waals surface area contributed by atoms with E-state index in [4.69, 9.17) is 5.73 Å². The zero-order valence-electron chi connectivity index (χ0n) is 13.4. The summed E-state index contributed by atoms with van der Waals surface area (Å²) >= 11 is 3.32. The molecule has 2 aromatic carbocycles. The Balaban J connectivity index is 2.19. The van der Waals surface area contributed by atoms with Crippen LogP contribution in [0.2, 0.25) is 0 Å². The van der Waals surface area contributed by atoms with E-state index in [-0.39, 0.29) is 28.4 Å². The van der Waals surface area contributed by atoms with Crippen molar-refractivity contribution in [2.24, 2.45) is 0 Å². The number of nitrogens with zero attached hydrogens (tertiary/aromatic N) is 4. The van der Waals surface area contributed by atoms with Crippen molar-refractivity contribution in [3.8, 4) is 23.6 Å². The highest BCUT2D eigenvalue weighted by atomic mass is 79.9. The number of phenolic OH excluding ortho intramolecular Hbond substituents is 1. The monoisotopic (exact) mass is 405 g/mol. The van der Waals surface area contributed by atoms with Crippen molar-refractivity contribution in [3.63, 3.8) is 0 Å². The number of nitrogens with two attached hydrogens (primary N) is 1. The summed E-state index contributed by atoms with van der Waals surface area (Å²) in [6.45, 7) is 0. The molecule has 0 amide bonds. The van der Waals surface area contributed by atoms with Gasteiger partial charge in [0.05, 0.1) is 11.3 Å². The van der Waals surface area contributed by atoms with Gasteiger partial charge < -0.3 is 10.8 Å². The molecule has 0 radical (unpaired) electrons. The third kappa shape index (κ3) is 3.16. The lowest BCUT2D eigenvalue weighted by atomic mass is 10.1. The van der Waals surface area contributed by atoms with Gasteiger partial charge in [0.1, 0.15) is 35.0 Å². The average Bonchev–Trinajstić information content (AvgIpc) is 2.99. The molecule has 1 aromatic heterocycles. The van der Waals surface area contributed by atoms with E-state index in [9.17, 15) is 15.6 Å². The minimum absolute atomic E-state index is 0.00919. The SMILES string of the molecule is N#C/C(=C\c1cc(Br)ccc1O)c1nn(-c2ccccc2)c(N)c1C#N. The van der Waals surface area contributed by atoms with E-state index < -0.39 is 0 Å². The number of rotatable bonds is 3. The molecule has 0 fully saturated rings. The summed E-state index contributed by atoms with van der Waals surface area (Å²) in [5.74, 6) is 0.156. The van der Waals surface area contributed by atoms with E-state index in [2.05, 4.69) is 21.0 Å². The van der Waals surface area contributed by atoms with Gasteiger partial charge in [0.25, 0.3) is 0 Å². The van der Waals surface area contributed by atoms with Crippen molar-refractivity contribution >= 4 is 33.4 Å². The average molecular weight is 406 g/mol. The second-order valence-corrected chi connectivity index (χ2v) is 6.26. The fourth-order valence-electron chi connectivity index (χ4n) is 2.45. The van der Waals surface area contributed by atoms with Crippen molar-refractivity contribution in [2.45, 2.75) is 0 Å². The molecule has 0 bridgehead atoms. The molecule has 3 aromatic rings. The van der Waals surface area contributed by atoms with E-state index in [1.807, 2.05) is 30.3 Å². The van der Waals surface area contributed by atoms with Gasteiger partial charge in [0.2, 0.25) is 0 Å². The Hall–Kier alpha value is -3.55. The van der Waals surface area contributed by atoms with Gasteiger partial charge in [-0.15, -0.1) is 0 Å². The topological polar surface area (TPSA) is 112 Å². The van der Waals surface area contributed by atoms with Crippen LogP contribution in [0.5, 0.6) is 5.75 Å². The van der Waals surface area contributed by atoms with Crippen LogP contribution in [0.4, 0.5) is 5.82 Å². The maximum atomic E-state index is 10.0. The standard InChI is InChI=1S/C19H12BrN5O/c20-14-6-7-17(26)12(9-14)8-13(10-21)18-16(11-22)19(23)25(24-18)15-4-2-1-3-5-15/h1-9,26H,23H2/b13-8+. The second-order valence-electron chi connectivity index (χ2n) is 5.34. The summed E-state index contributed by atoms with van der Waals surface area (Å²) in [7, 11) is 0. The molecule has 3 N–H and O–H groups in total. The number of aromatic nitrogens is 2. The Morgan fingerprint density at radius 3 is 2.58 bits per heavy atom. The number of hydrogen-bond donors (Lipinski definition) is 2. The lowest BCUT2D eigenvalue weighted by Crippen LogP contribution is -2.02. The van der Waals surface area contributed by atoms with Crippen LogP contribution in [0.3, 0.4) is 0 Å². The van der Waals surface area contributed by atoms with Gasteiger partial charge in [-0.1, -0.05) is 34.1 Å². The molecule has 0 unspecified atom stereocenters. The fraction of sp³-hybridized carbons (Fsp3) is 0. The largest absolute Gasteiger partial charge is 0.507 e. The number of phenols is 1. The molecule has 0 aliphatic carbocycles. The van der Waals surface area contributed by atoms with Gasteiger partial charge in [-0.25, -0.2) is 4.68 Å². The normalized spacial score (nSPS) is 11.0. The lowest BCUT2D eigenvalue weighted by Gasteiger charge is -2.02. The molecular weight excluding hydrogens is 394 g/mol. The van der Waals surface area contributed by atoms with Crippen LogP contribution >= 0.6 is 15.9 Å². The van der Waals surface area contributed by atoms with E-state index in [0.29, 0.717) is 11.3 Å². The van der Waals surface area contributed by atoms with Crippen molar-refractivity contribution in [2.75, 3.05) is 5.73 Å². The van der Waals surface area contributed by atoms with Gasteiger partial charge in [-0.3, -0.25) is 0 Å². The highest BCUT2D eigenvalue weighted by molar-refractivity contribution is 9.10. The Morgan fingerprint density at radius 1 is 1.19 bits per heavy atom. The quantitative estimate of drug-likeness (QED) is 0.642. The van der Waals surface area contributed by atoms with Crippen LogP contribution in [-0.4, -0.2) is 14.9 Å². The Labute approximate surface area is 158 Å². The summed E-state index contributed by atoms with van der Waals surface area (Å²) < 4.78 is 2.16. The van der Waals surface area contributed by atoms with Crippen LogP contribution in [0.1, 0.15) is 16.8 Å². The molecule has 7 heteroatoms. The third-order valence-corrected chi connectivity index (χ3v) is 4.19. The number of benzene rings is 2. The Kier molecular flexibility index (Phi) is 4.74. The van der Waals surface area contributed by atoms with E-state index in [1.165, 1.54) is 16.8 Å². The highest BCUT2D eigenvalue weighted by Gasteiger charge is 2.20. The first-order valence-electron chi connectivity index (χ1n) is 7.50. The second kappa shape index (κ2) is 7.14. The molecule has 0 aliphatic heterocycles. The number of nitrogen functional groups attached to an aromatic ring is 1. The van der Waals surface area contributed by atoms with Gasteiger partial charge in [0.15, 0.2) is 0 Å². The van der Waals surface area contributed by atoms with Gasteiger partial charge in [0, 0.05) is 10.0 Å². The van der Waals surface area contributed by atoms with Crippen LogP contribution in [0.15, 0.2) is 53.0 Å². The number of halogens is 1. The summed E-state index contributed by atoms with van der Waals surface area (Å²) in [5, 5.41) is 33.4. The summed E-state index contributed by atoms with van der Waals surface area (Å²) in [5.41, 5.74) is 7.56. The number of hydrogen-bond acceptors (Lipinski definition) is 5. The van der Waals surface area contributed by atoms with Crippen molar-refractivity contribution in [1.82, 2.24) is 9.78 Å². The molecule has 0 aliphatic rings. The van der Waals surface area contributed by atoms with E-state index in [1.54, 1.807) is 24.3 Å². The van der Waals surface area contributed by atoms with E-state index in [0.717, 1.165) is 4.47 Å². The number of nitriles is 2. The lowest BCUT2D eigenvalue weighted by molar-refractivity contribution is 0.474. The predicted octanol–water partition coefficient (Wildman–Crippen LogP) is 3.86. The number of anilines is 1. The zero-order chi connectivity index (χ0) is 18.7. The molecule has 0 saturated heterocycles. The summed E-state index contributed by atoms with van der Waals surface area (Å²) in [6, 6.07) is 18.0. The zero-order valence-corrected chi connectivity index (χ0v) is 15.0. The molecule has 0 saturated carbocycles. The maximum absolute atomic E-state index is 10.0. The molecule has 26 heavy (non-hydrogen) atoms. The molecule has 0 atom stereocenters. The Morgan fingerprint density at radius 2 is 1.92 bits per heavy atom. The first kappa shape index (κ1) is 17.3. The van der Waals surface area contributed by atoms with Crippen molar-refractivity contribution in [1.29, 1.82) is 10.5 Å². The van der Waals surface area contributed by atoms with Crippen LogP contribution in [0, 0.1) is 22.7 Å². The number of allylic oxidation sites excluding steroid dienone is 1. The van der Waals surface area contributed by atoms with Crippen LogP contribution in [0.25, 0.3) is 17.3 Å². The summed E-state index contributed by atoms with van der Waals surface area (Å²) in [6.07, 6.45) is 1.47. The molecule has 6 nitrogen and oxygen atoms in total. The third-order valence-electron chi connectivity index (χ3n) is 3.70.